The maximum Gasteiger partial charge on any atom is 0.329 e. The second-order valence-corrected chi connectivity index (χ2v) is 12.5. The van der Waals surface area contributed by atoms with E-state index in [-0.39, 0.29) is 12.5 Å². The number of rotatable bonds is 33. The molecule has 1 amide bonds. The van der Waals surface area contributed by atoms with E-state index in [1.54, 1.807) is 0 Å². The van der Waals surface area contributed by atoms with E-state index in [4.69, 9.17) is 4.74 Å². The first-order chi connectivity index (χ1) is 20.5. The Kier molecular flexibility index (Phi) is 31.1. The topological polar surface area (TPSA) is 92.7 Å². The van der Waals surface area contributed by atoms with Crippen LogP contribution in [0, 0.1) is 0 Å². The summed E-state index contributed by atoms with van der Waals surface area (Å²) in [5.41, 5.74) is 0. The van der Waals surface area contributed by atoms with Gasteiger partial charge in [-0.3, -0.25) is 9.59 Å². The van der Waals surface area contributed by atoms with Crippen molar-refractivity contribution in [3.63, 3.8) is 0 Å². The third kappa shape index (κ3) is 29.9. The first kappa shape index (κ1) is 40.4. The molecule has 0 aromatic rings. The molecule has 0 radical (unpaired) electrons. The molecule has 0 unspecified atom stereocenters. The number of ether oxygens (including phenoxy) is 1. The standard InChI is InChI=1S/C36H69NO5/c1-3-5-7-9-11-13-14-15-16-17-18-19-20-21-23-25-27-29-31-42-36(41)33(32-35(39)40)37-34(38)30-28-26-24-22-12-10-8-6-4-2/h33H,3-32H2,1-2H3,(H,37,38)(H,39,40)/t33-/m0/s1. The monoisotopic (exact) mass is 596 g/mol. The van der Waals surface area contributed by atoms with E-state index >= 15 is 0 Å². The van der Waals surface area contributed by atoms with Crippen molar-refractivity contribution in [2.75, 3.05) is 6.61 Å². The van der Waals surface area contributed by atoms with Crippen molar-refractivity contribution in [2.24, 2.45) is 0 Å². The minimum absolute atomic E-state index is 0.269. The van der Waals surface area contributed by atoms with Gasteiger partial charge in [0.25, 0.3) is 0 Å². The van der Waals surface area contributed by atoms with Gasteiger partial charge in [0.15, 0.2) is 0 Å². The molecule has 2 N–H and O–H groups in total. The number of unbranched alkanes of at least 4 members (excludes halogenated alkanes) is 25. The fourth-order valence-corrected chi connectivity index (χ4v) is 5.51. The summed E-state index contributed by atoms with van der Waals surface area (Å²) in [6.07, 6.45) is 33.7. The highest BCUT2D eigenvalue weighted by molar-refractivity contribution is 5.87. The van der Waals surface area contributed by atoms with Crippen molar-refractivity contribution in [2.45, 2.75) is 206 Å². The van der Waals surface area contributed by atoms with Gasteiger partial charge < -0.3 is 15.2 Å². The van der Waals surface area contributed by atoms with E-state index in [9.17, 15) is 19.5 Å². The summed E-state index contributed by atoms with van der Waals surface area (Å²) in [4.78, 5) is 35.9. The van der Waals surface area contributed by atoms with Crippen molar-refractivity contribution in [1.29, 1.82) is 0 Å². The maximum atomic E-state index is 12.4. The number of carbonyl (C=O) groups is 3. The Hall–Kier alpha value is -1.59. The fraction of sp³-hybridized carbons (Fsp3) is 0.917. The van der Waals surface area contributed by atoms with Gasteiger partial charge in [-0.25, -0.2) is 4.79 Å². The molecule has 0 rings (SSSR count). The Morgan fingerprint density at radius 2 is 0.857 bits per heavy atom. The highest BCUT2D eigenvalue weighted by atomic mass is 16.5. The van der Waals surface area contributed by atoms with E-state index in [1.165, 1.54) is 135 Å². The molecular weight excluding hydrogens is 526 g/mol. The van der Waals surface area contributed by atoms with Gasteiger partial charge in [0.05, 0.1) is 13.0 Å². The first-order valence-electron chi connectivity index (χ1n) is 18.2. The molecule has 0 spiro atoms. The molecule has 6 heteroatoms. The smallest absolute Gasteiger partial charge is 0.329 e. The van der Waals surface area contributed by atoms with Crippen LogP contribution in [0.3, 0.4) is 0 Å². The van der Waals surface area contributed by atoms with E-state index in [0.717, 1.165) is 38.5 Å². The van der Waals surface area contributed by atoms with Gasteiger partial charge in [-0.1, -0.05) is 174 Å². The highest BCUT2D eigenvalue weighted by Gasteiger charge is 2.25. The lowest BCUT2D eigenvalue weighted by Gasteiger charge is -2.16. The van der Waals surface area contributed by atoms with Crippen molar-refractivity contribution in [3.05, 3.63) is 0 Å². The van der Waals surface area contributed by atoms with Crippen LogP contribution >= 0.6 is 0 Å². The molecule has 248 valence electrons. The molecule has 1 atom stereocenters. The minimum atomic E-state index is -1.12. The predicted octanol–water partition coefficient (Wildman–Crippen LogP) is 10.5. The number of esters is 1. The lowest BCUT2D eigenvalue weighted by atomic mass is 10.0. The van der Waals surface area contributed by atoms with Crippen LogP contribution in [0.5, 0.6) is 0 Å². The number of carbonyl (C=O) groups excluding carboxylic acids is 2. The average molecular weight is 596 g/mol. The van der Waals surface area contributed by atoms with Crippen molar-refractivity contribution in [1.82, 2.24) is 5.32 Å². The van der Waals surface area contributed by atoms with Crippen LogP contribution in [0.1, 0.15) is 200 Å². The Morgan fingerprint density at radius 3 is 1.21 bits per heavy atom. The number of hydrogen-bond donors (Lipinski definition) is 2. The lowest BCUT2D eigenvalue weighted by Crippen LogP contribution is -2.43. The van der Waals surface area contributed by atoms with Crippen molar-refractivity contribution < 1.29 is 24.2 Å². The van der Waals surface area contributed by atoms with Crippen LogP contribution in [0.25, 0.3) is 0 Å². The molecular formula is C36H69NO5. The Bertz CT molecular complexity index is 624. The van der Waals surface area contributed by atoms with E-state index in [1.807, 2.05) is 0 Å². The Morgan fingerprint density at radius 1 is 0.524 bits per heavy atom. The largest absolute Gasteiger partial charge is 0.481 e. The second kappa shape index (κ2) is 32.3. The predicted molar refractivity (Wildman–Crippen MR) is 176 cm³/mol. The molecule has 0 aliphatic rings. The molecule has 0 aliphatic carbocycles. The summed E-state index contributed by atoms with van der Waals surface area (Å²) >= 11 is 0. The molecule has 0 fully saturated rings. The van der Waals surface area contributed by atoms with Gasteiger partial charge in [-0.15, -0.1) is 0 Å². The number of carboxylic acid groups (broad SMARTS) is 1. The van der Waals surface area contributed by atoms with Crippen LogP contribution in [0.4, 0.5) is 0 Å². The van der Waals surface area contributed by atoms with Crippen LogP contribution in [0.2, 0.25) is 0 Å². The van der Waals surface area contributed by atoms with E-state index in [0.29, 0.717) is 6.42 Å². The van der Waals surface area contributed by atoms with Gasteiger partial charge in [0, 0.05) is 6.42 Å². The van der Waals surface area contributed by atoms with Crippen LogP contribution in [-0.4, -0.2) is 35.6 Å². The summed E-state index contributed by atoms with van der Waals surface area (Å²) in [7, 11) is 0. The number of aliphatic carboxylic acids is 1. The molecule has 42 heavy (non-hydrogen) atoms. The van der Waals surface area contributed by atoms with Gasteiger partial charge in [-0.05, 0) is 12.8 Å². The molecule has 0 aliphatic heterocycles. The Labute approximate surface area is 259 Å². The summed E-state index contributed by atoms with van der Waals surface area (Å²) in [5.74, 6) is -2.02. The van der Waals surface area contributed by atoms with Gasteiger partial charge >= 0.3 is 11.9 Å². The number of hydrogen-bond acceptors (Lipinski definition) is 4. The zero-order valence-electron chi connectivity index (χ0n) is 27.9. The van der Waals surface area contributed by atoms with Crippen LogP contribution < -0.4 is 5.32 Å². The third-order valence-corrected chi connectivity index (χ3v) is 8.25. The molecule has 0 saturated heterocycles. The minimum Gasteiger partial charge on any atom is -0.481 e. The van der Waals surface area contributed by atoms with Crippen molar-refractivity contribution >= 4 is 17.8 Å². The zero-order valence-corrected chi connectivity index (χ0v) is 27.9. The Balaban J connectivity index is 3.70. The first-order valence-corrected chi connectivity index (χ1v) is 18.2. The van der Waals surface area contributed by atoms with Gasteiger partial charge in [0.2, 0.25) is 5.91 Å². The average Bonchev–Trinajstić information content (AvgIpc) is 2.96. The van der Waals surface area contributed by atoms with Gasteiger partial charge in [-0.2, -0.15) is 0 Å². The molecule has 0 bridgehead atoms. The molecule has 0 heterocycles. The van der Waals surface area contributed by atoms with Crippen molar-refractivity contribution in [3.8, 4) is 0 Å². The molecule has 0 aromatic heterocycles. The summed E-state index contributed by atoms with van der Waals surface area (Å²) in [6, 6.07) is -1.11. The zero-order chi connectivity index (χ0) is 30.9. The van der Waals surface area contributed by atoms with Crippen LogP contribution in [-0.2, 0) is 19.1 Å². The fourth-order valence-electron chi connectivity index (χ4n) is 5.51. The third-order valence-electron chi connectivity index (χ3n) is 8.25. The SMILES string of the molecule is CCCCCCCCCCCCCCCCCCCCOC(=O)[C@H](CC(=O)O)NC(=O)CCCCCCCCCCC. The van der Waals surface area contributed by atoms with Crippen LogP contribution in [0.15, 0.2) is 0 Å². The van der Waals surface area contributed by atoms with E-state index < -0.39 is 24.4 Å². The molecule has 0 saturated carbocycles. The highest BCUT2D eigenvalue weighted by Crippen LogP contribution is 2.15. The molecule has 0 aromatic carbocycles. The van der Waals surface area contributed by atoms with E-state index in [2.05, 4.69) is 19.2 Å². The lowest BCUT2D eigenvalue weighted by molar-refractivity contribution is -0.151. The number of carboxylic acids is 1. The normalized spacial score (nSPS) is 11.9. The maximum absolute atomic E-state index is 12.4. The summed E-state index contributed by atoms with van der Waals surface area (Å²) in [5, 5.41) is 11.8. The number of amides is 1. The second-order valence-electron chi connectivity index (χ2n) is 12.5. The molecule has 6 nitrogen and oxygen atoms in total. The quantitative estimate of drug-likeness (QED) is 0.0581. The number of nitrogens with one attached hydrogen (secondary N) is 1. The summed E-state index contributed by atoms with van der Waals surface area (Å²) in [6.45, 7) is 4.77. The van der Waals surface area contributed by atoms with Gasteiger partial charge in [0.1, 0.15) is 6.04 Å². The summed E-state index contributed by atoms with van der Waals surface area (Å²) < 4.78 is 5.32.